The maximum absolute atomic E-state index is 5.57. The van der Waals surface area contributed by atoms with Crippen LogP contribution in [0.15, 0.2) is 40.2 Å². The number of ether oxygens (including phenoxy) is 1. The second-order valence-corrected chi connectivity index (χ2v) is 6.88. The Labute approximate surface area is 126 Å². The number of thiophene rings is 1. The molecule has 0 spiro atoms. The van der Waals surface area contributed by atoms with E-state index in [4.69, 9.17) is 4.74 Å². The Morgan fingerprint density at radius 1 is 1.21 bits per heavy atom. The van der Waals surface area contributed by atoms with Crippen LogP contribution in [0.25, 0.3) is 0 Å². The lowest BCUT2D eigenvalue weighted by Gasteiger charge is -2.14. The van der Waals surface area contributed by atoms with Crippen LogP contribution in [0.4, 0.5) is 5.69 Å². The molecule has 0 amide bonds. The molecular weight excluding hydrogens is 322 g/mol. The first-order valence-electron chi connectivity index (χ1n) is 6.43. The third-order valence-electron chi connectivity index (χ3n) is 2.73. The van der Waals surface area contributed by atoms with Crippen LogP contribution in [0.2, 0.25) is 0 Å². The van der Waals surface area contributed by atoms with Gasteiger partial charge in [-0.15, -0.1) is 11.3 Å². The fourth-order valence-electron chi connectivity index (χ4n) is 1.75. The molecule has 1 unspecified atom stereocenters. The number of nitrogens with one attached hydrogen (secondary N) is 1. The molecule has 0 aliphatic carbocycles. The van der Waals surface area contributed by atoms with Crippen molar-refractivity contribution in [2.24, 2.45) is 0 Å². The lowest BCUT2D eigenvalue weighted by molar-refractivity contribution is 0.317. The van der Waals surface area contributed by atoms with Crippen LogP contribution in [0.3, 0.4) is 0 Å². The molecule has 0 bridgehead atoms. The van der Waals surface area contributed by atoms with Crippen LogP contribution in [0.1, 0.15) is 31.2 Å². The molecule has 1 aromatic carbocycles. The Morgan fingerprint density at radius 3 is 2.53 bits per heavy atom. The molecule has 1 atom stereocenters. The Kier molecular flexibility index (Phi) is 5.28. The SMILES string of the molecule is CCCOc1ccc(NC(C)c2ccc(Br)s2)cc1. The molecule has 2 aromatic rings. The third kappa shape index (κ3) is 4.25. The molecule has 1 heterocycles. The molecule has 2 nitrogen and oxygen atoms in total. The summed E-state index contributed by atoms with van der Waals surface area (Å²) in [6, 6.07) is 12.7. The van der Waals surface area contributed by atoms with Gasteiger partial charge in [-0.2, -0.15) is 0 Å². The van der Waals surface area contributed by atoms with E-state index >= 15 is 0 Å². The van der Waals surface area contributed by atoms with Crippen molar-refractivity contribution in [2.75, 3.05) is 11.9 Å². The maximum Gasteiger partial charge on any atom is 0.119 e. The van der Waals surface area contributed by atoms with Crippen molar-refractivity contribution in [1.82, 2.24) is 0 Å². The predicted octanol–water partition coefficient (Wildman–Crippen LogP) is 5.47. The van der Waals surface area contributed by atoms with Crippen molar-refractivity contribution in [3.05, 3.63) is 45.1 Å². The molecule has 0 aliphatic heterocycles. The molecule has 0 saturated heterocycles. The highest BCUT2D eigenvalue weighted by atomic mass is 79.9. The van der Waals surface area contributed by atoms with Gasteiger partial charge in [0, 0.05) is 10.6 Å². The van der Waals surface area contributed by atoms with Gasteiger partial charge in [-0.05, 0) is 65.7 Å². The second kappa shape index (κ2) is 6.96. The number of hydrogen-bond donors (Lipinski definition) is 1. The highest BCUT2D eigenvalue weighted by Crippen LogP contribution is 2.29. The van der Waals surface area contributed by atoms with E-state index in [2.05, 4.69) is 59.4 Å². The molecule has 0 aliphatic rings. The van der Waals surface area contributed by atoms with Gasteiger partial charge in [0.05, 0.1) is 16.4 Å². The standard InChI is InChI=1S/C15H18BrNOS/c1-3-10-18-13-6-4-12(5-7-13)17-11(2)14-8-9-15(16)19-14/h4-9,11,17H,3,10H2,1-2H3. The summed E-state index contributed by atoms with van der Waals surface area (Å²) >= 11 is 5.25. The van der Waals surface area contributed by atoms with Crippen molar-refractivity contribution in [1.29, 1.82) is 0 Å². The second-order valence-electron chi connectivity index (χ2n) is 4.38. The van der Waals surface area contributed by atoms with E-state index in [9.17, 15) is 0 Å². The van der Waals surface area contributed by atoms with Gasteiger partial charge < -0.3 is 10.1 Å². The van der Waals surface area contributed by atoms with E-state index in [0.717, 1.165) is 24.5 Å². The fourth-order valence-corrected chi connectivity index (χ4v) is 3.18. The molecule has 19 heavy (non-hydrogen) atoms. The van der Waals surface area contributed by atoms with Gasteiger partial charge in [0.1, 0.15) is 5.75 Å². The summed E-state index contributed by atoms with van der Waals surface area (Å²) in [5, 5.41) is 3.49. The van der Waals surface area contributed by atoms with E-state index in [1.54, 1.807) is 11.3 Å². The van der Waals surface area contributed by atoms with Crippen LogP contribution in [-0.4, -0.2) is 6.61 Å². The first kappa shape index (κ1) is 14.4. The quantitative estimate of drug-likeness (QED) is 0.753. The summed E-state index contributed by atoms with van der Waals surface area (Å²) < 4.78 is 6.74. The Bertz CT molecular complexity index is 509. The zero-order valence-corrected chi connectivity index (χ0v) is 13.6. The molecule has 0 fully saturated rings. The Hall–Kier alpha value is -1.00. The molecule has 2 rings (SSSR count). The number of benzene rings is 1. The monoisotopic (exact) mass is 339 g/mol. The van der Waals surface area contributed by atoms with Crippen molar-refractivity contribution in [3.63, 3.8) is 0 Å². The van der Waals surface area contributed by atoms with Gasteiger partial charge >= 0.3 is 0 Å². The van der Waals surface area contributed by atoms with Crippen molar-refractivity contribution >= 4 is 33.0 Å². The minimum absolute atomic E-state index is 0.304. The average Bonchev–Trinajstić information content (AvgIpc) is 2.85. The fraction of sp³-hybridized carbons (Fsp3) is 0.333. The normalized spacial score (nSPS) is 12.2. The van der Waals surface area contributed by atoms with Crippen LogP contribution in [-0.2, 0) is 0 Å². The number of anilines is 1. The number of hydrogen-bond acceptors (Lipinski definition) is 3. The molecular formula is C15H18BrNOS. The van der Waals surface area contributed by atoms with Crippen LogP contribution in [0, 0.1) is 0 Å². The van der Waals surface area contributed by atoms with Gasteiger partial charge in [-0.3, -0.25) is 0 Å². The minimum Gasteiger partial charge on any atom is -0.494 e. The summed E-state index contributed by atoms with van der Waals surface area (Å²) in [6.45, 7) is 5.04. The van der Waals surface area contributed by atoms with Gasteiger partial charge in [-0.25, -0.2) is 0 Å². The molecule has 0 radical (unpaired) electrons. The van der Waals surface area contributed by atoms with Crippen LogP contribution in [0.5, 0.6) is 5.75 Å². The van der Waals surface area contributed by atoms with Crippen LogP contribution < -0.4 is 10.1 Å². The molecule has 4 heteroatoms. The zero-order chi connectivity index (χ0) is 13.7. The molecule has 102 valence electrons. The number of halogens is 1. The van der Waals surface area contributed by atoms with E-state index in [1.807, 2.05) is 12.1 Å². The first-order chi connectivity index (χ1) is 9.19. The Morgan fingerprint density at radius 2 is 1.95 bits per heavy atom. The highest BCUT2D eigenvalue weighted by Gasteiger charge is 2.07. The lowest BCUT2D eigenvalue weighted by Crippen LogP contribution is -2.04. The van der Waals surface area contributed by atoms with Crippen LogP contribution >= 0.6 is 27.3 Å². The summed E-state index contributed by atoms with van der Waals surface area (Å²) in [5.74, 6) is 0.930. The summed E-state index contributed by atoms with van der Waals surface area (Å²) in [4.78, 5) is 1.32. The van der Waals surface area contributed by atoms with Crippen molar-refractivity contribution in [2.45, 2.75) is 26.3 Å². The molecule has 1 N–H and O–H groups in total. The predicted molar refractivity (Wildman–Crippen MR) is 86.3 cm³/mol. The Balaban J connectivity index is 1.95. The summed E-state index contributed by atoms with van der Waals surface area (Å²) in [6.07, 6.45) is 1.03. The molecule has 0 saturated carbocycles. The number of rotatable bonds is 6. The van der Waals surface area contributed by atoms with Gasteiger partial charge in [-0.1, -0.05) is 6.92 Å². The first-order valence-corrected chi connectivity index (χ1v) is 8.04. The van der Waals surface area contributed by atoms with Crippen molar-refractivity contribution < 1.29 is 4.74 Å². The van der Waals surface area contributed by atoms with E-state index < -0.39 is 0 Å². The zero-order valence-electron chi connectivity index (χ0n) is 11.2. The largest absolute Gasteiger partial charge is 0.494 e. The topological polar surface area (TPSA) is 21.3 Å². The van der Waals surface area contributed by atoms with E-state index in [-0.39, 0.29) is 0 Å². The van der Waals surface area contributed by atoms with E-state index in [0.29, 0.717) is 6.04 Å². The highest BCUT2D eigenvalue weighted by molar-refractivity contribution is 9.11. The van der Waals surface area contributed by atoms with Crippen molar-refractivity contribution in [3.8, 4) is 5.75 Å². The molecule has 1 aromatic heterocycles. The smallest absolute Gasteiger partial charge is 0.119 e. The van der Waals surface area contributed by atoms with E-state index in [1.165, 1.54) is 8.66 Å². The maximum atomic E-state index is 5.57. The average molecular weight is 340 g/mol. The summed E-state index contributed by atoms with van der Waals surface area (Å²) in [7, 11) is 0. The third-order valence-corrected chi connectivity index (χ3v) is 4.54. The van der Waals surface area contributed by atoms with Gasteiger partial charge in [0.15, 0.2) is 0 Å². The lowest BCUT2D eigenvalue weighted by atomic mass is 10.2. The van der Waals surface area contributed by atoms with Gasteiger partial charge in [0.2, 0.25) is 0 Å². The van der Waals surface area contributed by atoms with Gasteiger partial charge in [0.25, 0.3) is 0 Å². The minimum atomic E-state index is 0.304. The summed E-state index contributed by atoms with van der Waals surface area (Å²) in [5.41, 5.74) is 1.11.